The lowest BCUT2D eigenvalue weighted by Gasteiger charge is -2.08. The van der Waals surface area contributed by atoms with E-state index in [9.17, 15) is 4.79 Å². The molecule has 94 valence electrons. The predicted molar refractivity (Wildman–Crippen MR) is 75.8 cm³/mol. The third-order valence-corrected chi connectivity index (χ3v) is 3.08. The minimum absolute atomic E-state index is 0.0501. The van der Waals surface area contributed by atoms with E-state index in [1.807, 2.05) is 19.1 Å². The van der Waals surface area contributed by atoms with Crippen molar-refractivity contribution >= 4 is 22.4 Å². The molecule has 0 aliphatic carbocycles. The molecule has 0 bridgehead atoms. The molecule has 0 aliphatic heterocycles. The van der Waals surface area contributed by atoms with Gasteiger partial charge < -0.3 is 10.3 Å². The Hall–Kier alpha value is -2.03. The van der Waals surface area contributed by atoms with E-state index in [-0.39, 0.29) is 5.78 Å². The number of carbonyl (C=O) groups excluding carboxylic acids is 1. The molecule has 0 spiro atoms. The van der Waals surface area contributed by atoms with Gasteiger partial charge in [-0.05, 0) is 51.5 Å². The number of hydrogen-bond acceptors (Lipinski definition) is 2. The van der Waals surface area contributed by atoms with Crippen LogP contribution in [0.2, 0.25) is 0 Å². The Morgan fingerprint density at radius 1 is 1.28 bits per heavy atom. The lowest BCUT2D eigenvalue weighted by Crippen LogP contribution is -1.98. The Bertz CT molecular complexity index is 635. The van der Waals surface area contributed by atoms with Gasteiger partial charge in [-0.2, -0.15) is 0 Å². The predicted octanol–water partition coefficient (Wildman–Crippen LogP) is 3.69. The van der Waals surface area contributed by atoms with Crippen molar-refractivity contribution in [3.05, 3.63) is 41.2 Å². The van der Waals surface area contributed by atoms with Crippen molar-refractivity contribution < 1.29 is 4.79 Å². The van der Waals surface area contributed by atoms with Crippen molar-refractivity contribution in [2.24, 2.45) is 0 Å². The fourth-order valence-corrected chi connectivity index (χ4v) is 2.20. The van der Waals surface area contributed by atoms with E-state index < -0.39 is 0 Å². The fraction of sp³-hybridized carbons (Fsp3) is 0.267. The number of allylic oxidation sites excluding steroid dienone is 2. The molecular formula is C15H18N2O. The number of benzene rings is 1. The van der Waals surface area contributed by atoms with E-state index in [1.165, 1.54) is 16.6 Å². The summed E-state index contributed by atoms with van der Waals surface area (Å²) in [6.07, 6.45) is 1.60. The highest BCUT2D eigenvalue weighted by Gasteiger charge is 2.08. The van der Waals surface area contributed by atoms with Crippen molar-refractivity contribution in [1.29, 1.82) is 0 Å². The quantitative estimate of drug-likeness (QED) is 0.806. The molecule has 0 atom stereocenters. The van der Waals surface area contributed by atoms with E-state index in [2.05, 4.69) is 30.2 Å². The number of nitrogens with one attached hydrogen (secondary N) is 2. The molecule has 2 aromatic rings. The van der Waals surface area contributed by atoms with Crippen LogP contribution in [0, 0.1) is 13.8 Å². The zero-order valence-electron chi connectivity index (χ0n) is 11.2. The lowest BCUT2D eigenvalue weighted by molar-refractivity contribution is -0.112. The Kier molecular flexibility index (Phi) is 3.24. The molecule has 2 rings (SSSR count). The number of anilines is 1. The molecule has 0 radical (unpaired) electrons. The van der Waals surface area contributed by atoms with Crippen molar-refractivity contribution in [2.75, 3.05) is 5.32 Å². The first kappa shape index (κ1) is 12.4. The highest BCUT2D eigenvalue weighted by molar-refractivity contribution is 5.97. The second-order valence-corrected chi connectivity index (χ2v) is 4.67. The summed E-state index contributed by atoms with van der Waals surface area (Å²) in [7, 11) is 0. The molecule has 1 aromatic heterocycles. The molecule has 2 N–H and O–H groups in total. The molecular weight excluding hydrogens is 224 g/mol. The maximum atomic E-state index is 11.1. The number of hydrogen-bond donors (Lipinski definition) is 2. The zero-order valence-corrected chi connectivity index (χ0v) is 11.2. The summed E-state index contributed by atoms with van der Waals surface area (Å²) in [6.45, 7) is 7.62. The number of rotatable bonds is 3. The number of carbonyl (C=O) groups is 1. The normalized spacial score (nSPS) is 11.9. The van der Waals surface area contributed by atoms with Crippen molar-refractivity contribution in [2.45, 2.75) is 27.7 Å². The van der Waals surface area contributed by atoms with Crippen LogP contribution < -0.4 is 5.32 Å². The number of aromatic amines is 1. The number of ketones is 1. The standard InChI is InChI=1S/C15H18N2O/c1-9(8-10(2)18)16-13-6-5-7-14-15(13)11(3)12(4)17-14/h5-8,16-17H,1-4H3/b9-8+. The molecule has 1 aromatic carbocycles. The Morgan fingerprint density at radius 3 is 2.67 bits per heavy atom. The largest absolute Gasteiger partial charge is 0.358 e. The van der Waals surface area contributed by atoms with Crippen molar-refractivity contribution in [3.8, 4) is 0 Å². The smallest absolute Gasteiger partial charge is 0.154 e. The summed E-state index contributed by atoms with van der Waals surface area (Å²) in [6, 6.07) is 6.09. The SMILES string of the molecule is CC(=O)/C=C(\C)Nc1cccc2[nH]c(C)c(C)c12. The average Bonchev–Trinajstić information content (AvgIpc) is 2.54. The molecule has 0 aliphatic rings. The minimum Gasteiger partial charge on any atom is -0.358 e. The van der Waals surface area contributed by atoms with Crippen LogP contribution in [0.3, 0.4) is 0 Å². The molecule has 0 amide bonds. The maximum Gasteiger partial charge on any atom is 0.154 e. The summed E-state index contributed by atoms with van der Waals surface area (Å²) < 4.78 is 0. The summed E-state index contributed by atoms with van der Waals surface area (Å²) >= 11 is 0. The zero-order chi connectivity index (χ0) is 13.3. The van der Waals surface area contributed by atoms with E-state index in [0.717, 1.165) is 16.9 Å². The Morgan fingerprint density at radius 2 is 2.00 bits per heavy atom. The maximum absolute atomic E-state index is 11.1. The molecule has 0 fully saturated rings. The monoisotopic (exact) mass is 242 g/mol. The molecule has 0 unspecified atom stereocenters. The second kappa shape index (κ2) is 4.69. The highest BCUT2D eigenvalue weighted by Crippen LogP contribution is 2.29. The first-order valence-electron chi connectivity index (χ1n) is 6.03. The van der Waals surface area contributed by atoms with E-state index in [4.69, 9.17) is 0 Å². The van der Waals surface area contributed by atoms with Gasteiger partial charge in [0.25, 0.3) is 0 Å². The number of aryl methyl sites for hydroxylation is 2. The molecule has 0 saturated heterocycles. The van der Waals surface area contributed by atoms with Gasteiger partial charge in [0.15, 0.2) is 5.78 Å². The summed E-state index contributed by atoms with van der Waals surface area (Å²) in [4.78, 5) is 14.4. The number of H-pyrrole nitrogens is 1. The summed E-state index contributed by atoms with van der Waals surface area (Å²) in [5.74, 6) is 0.0501. The van der Waals surface area contributed by atoms with Gasteiger partial charge in [0.2, 0.25) is 0 Å². The highest BCUT2D eigenvalue weighted by atomic mass is 16.1. The third kappa shape index (κ3) is 2.30. The van der Waals surface area contributed by atoms with Crippen LogP contribution in [0.1, 0.15) is 25.1 Å². The van der Waals surface area contributed by atoms with Gasteiger partial charge in [-0.25, -0.2) is 0 Å². The molecule has 18 heavy (non-hydrogen) atoms. The van der Waals surface area contributed by atoms with Gasteiger partial charge in [0, 0.05) is 28.0 Å². The third-order valence-electron chi connectivity index (χ3n) is 3.08. The van der Waals surface area contributed by atoms with Gasteiger partial charge in [0.05, 0.1) is 0 Å². The van der Waals surface area contributed by atoms with Crippen molar-refractivity contribution in [3.63, 3.8) is 0 Å². The molecule has 0 saturated carbocycles. The van der Waals surface area contributed by atoms with Gasteiger partial charge in [-0.15, -0.1) is 0 Å². The first-order chi connectivity index (χ1) is 8.49. The van der Waals surface area contributed by atoms with Gasteiger partial charge in [0.1, 0.15) is 0 Å². The van der Waals surface area contributed by atoms with Gasteiger partial charge in [-0.1, -0.05) is 6.07 Å². The van der Waals surface area contributed by atoms with Gasteiger partial charge >= 0.3 is 0 Å². The molecule has 3 nitrogen and oxygen atoms in total. The van der Waals surface area contributed by atoms with Crippen LogP contribution in [-0.4, -0.2) is 10.8 Å². The second-order valence-electron chi connectivity index (χ2n) is 4.67. The molecule has 3 heteroatoms. The van der Waals surface area contributed by atoms with Crippen LogP contribution in [0.25, 0.3) is 10.9 Å². The molecule has 1 heterocycles. The van der Waals surface area contributed by atoms with Crippen LogP contribution in [0.15, 0.2) is 30.0 Å². The first-order valence-corrected chi connectivity index (χ1v) is 6.03. The van der Waals surface area contributed by atoms with E-state index in [0.29, 0.717) is 0 Å². The fourth-order valence-electron chi connectivity index (χ4n) is 2.20. The average molecular weight is 242 g/mol. The van der Waals surface area contributed by atoms with Crippen LogP contribution >= 0.6 is 0 Å². The van der Waals surface area contributed by atoms with E-state index >= 15 is 0 Å². The summed E-state index contributed by atoms with van der Waals surface area (Å²) in [5, 5.41) is 4.48. The van der Waals surface area contributed by atoms with Crippen molar-refractivity contribution in [1.82, 2.24) is 4.98 Å². The van der Waals surface area contributed by atoms with Gasteiger partial charge in [-0.3, -0.25) is 4.79 Å². The van der Waals surface area contributed by atoms with Crippen LogP contribution in [-0.2, 0) is 4.79 Å². The summed E-state index contributed by atoms with van der Waals surface area (Å²) in [5.41, 5.74) is 5.42. The number of aromatic nitrogens is 1. The Balaban J connectivity index is 2.48. The van der Waals surface area contributed by atoms with Crippen LogP contribution in [0.4, 0.5) is 5.69 Å². The lowest BCUT2D eigenvalue weighted by atomic mass is 10.1. The Labute approximate surface area is 107 Å². The van der Waals surface area contributed by atoms with E-state index in [1.54, 1.807) is 13.0 Å². The van der Waals surface area contributed by atoms with Crippen LogP contribution in [0.5, 0.6) is 0 Å². The topological polar surface area (TPSA) is 44.9 Å². The minimum atomic E-state index is 0.0501. The number of fused-ring (bicyclic) bond motifs is 1.